The van der Waals surface area contributed by atoms with Crippen LogP contribution in [-0.2, 0) is 6.54 Å². The standard InChI is InChI=1S/C21H22FNO3/c1-25-19-5-3-2-4-15(19)14-23-10-8-21(9-11-23)13-18(24)17-12-16(22)6-7-20(17)26-21/h2-7,12H,8-11,13-14H2,1H3. The van der Waals surface area contributed by atoms with E-state index in [9.17, 15) is 9.18 Å². The molecule has 2 aromatic carbocycles. The minimum atomic E-state index is -0.459. The zero-order valence-electron chi connectivity index (χ0n) is 14.8. The van der Waals surface area contributed by atoms with E-state index in [4.69, 9.17) is 9.47 Å². The first-order valence-corrected chi connectivity index (χ1v) is 8.95. The summed E-state index contributed by atoms with van der Waals surface area (Å²) in [7, 11) is 1.69. The Bertz CT molecular complexity index is 828. The van der Waals surface area contributed by atoms with Gasteiger partial charge < -0.3 is 9.47 Å². The molecule has 0 saturated carbocycles. The van der Waals surface area contributed by atoms with Crippen LogP contribution in [0.25, 0.3) is 0 Å². The highest BCUT2D eigenvalue weighted by atomic mass is 19.1. The Labute approximate surface area is 152 Å². The van der Waals surface area contributed by atoms with Gasteiger partial charge in [0.05, 0.1) is 19.1 Å². The van der Waals surface area contributed by atoms with E-state index in [1.165, 1.54) is 12.1 Å². The molecular weight excluding hydrogens is 333 g/mol. The van der Waals surface area contributed by atoms with Crippen LogP contribution in [0.2, 0.25) is 0 Å². The maximum absolute atomic E-state index is 13.4. The number of piperidine rings is 1. The molecule has 2 aliphatic rings. The third kappa shape index (κ3) is 3.19. The number of para-hydroxylation sites is 1. The number of hydrogen-bond donors (Lipinski definition) is 0. The minimum Gasteiger partial charge on any atom is -0.496 e. The molecule has 1 saturated heterocycles. The summed E-state index contributed by atoms with van der Waals surface area (Å²) in [5.74, 6) is 0.987. The number of carbonyl (C=O) groups is 1. The van der Waals surface area contributed by atoms with Gasteiger partial charge in [-0.25, -0.2) is 4.39 Å². The van der Waals surface area contributed by atoms with E-state index in [1.807, 2.05) is 18.2 Å². The minimum absolute atomic E-state index is 0.0241. The molecule has 2 heterocycles. The summed E-state index contributed by atoms with van der Waals surface area (Å²) in [6.07, 6.45) is 1.89. The molecule has 4 nitrogen and oxygen atoms in total. The van der Waals surface area contributed by atoms with Gasteiger partial charge in [-0.1, -0.05) is 18.2 Å². The van der Waals surface area contributed by atoms with Crippen molar-refractivity contribution in [3.05, 3.63) is 59.4 Å². The van der Waals surface area contributed by atoms with Crippen molar-refractivity contribution in [1.82, 2.24) is 4.90 Å². The lowest BCUT2D eigenvalue weighted by atomic mass is 9.82. The summed E-state index contributed by atoms with van der Waals surface area (Å²) in [5.41, 5.74) is 1.07. The van der Waals surface area contributed by atoms with Crippen LogP contribution in [0.1, 0.15) is 35.2 Å². The number of fused-ring (bicyclic) bond motifs is 1. The summed E-state index contributed by atoms with van der Waals surface area (Å²) in [4.78, 5) is 14.8. The quantitative estimate of drug-likeness (QED) is 0.839. The zero-order valence-corrected chi connectivity index (χ0v) is 14.8. The molecule has 0 unspecified atom stereocenters. The first kappa shape index (κ1) is 17.0. The fourth-order valence-corrected chi connectivity index (χ4v) is 3.94. The predicted octanol–water partition coefficient (Wildman–Crippen LogP) is 3.83. The number of nitrogens with zero attached hydrogens (tertiary/aromatic N) is 1. The van der Waals surface area contributed by atoms with E-state index in [2.05, 4.69) is 11.0 Å². The number of ether oxygens (including phenoxy) is 2. The molecule has 136 valence electrons. The number of ketones is 1. The number of benzene rings is 2. The highest BCUT2D eigenvalue weighted by molar-refractivity contribution is 6.00. The second-order valence-electron chi connectivity index (χ2n) is 7.11. The summed E-state index contributed by atoms with van der Waals surface area (Å²) < 4.78 is 25.0. The maximum Gasteiger partial charge on any atom is 0.170 e. The lowest BCUT2D eigenvalue weighted by Crippen LogP contribution is -2.50. The van der Waals surface area contributed by atoms with Crippen molar-refractivity contribution in [2.24, 2.45) is 0 Å². The van der Waals surface area contributed by atoms with Crippen LogP contribution in [0.3, 0.4) is 0 Å². The van der Waals surface area contributed by atoms with E-state index in [0.717, 1.165) is 43.8 Å². The van der Waals surface area contributed by atoms with Gasteiger partial charge in [-0.15, -0.1) is 0 Å². The number of methoxy groups -OCH3 is 1. The third-order valence-electron chi connectivity index (χ3n) is 5.40. The molecule has 26 heavy (non-hydrogen) atoms. The number of halogens is 1. The van der Waals surface area contributed by atoms with Gasteiger partial charge in [-0.3, -0.25) is 9.69 Å². The highest BCUT2D eigenvalue weighted by Gasteiger charge is 2.43. The van der Waals surface area contributed by atoms with Crippen molar-refractivity contribution in [1.29, 1.82) is 0 Å². The molecule has 5 heteroatoms. The second-order valence-corrected chi connectivity index (χ2v) is 7.11. The zero-order chi connectivity index (χ0) is 18.1. The van der Waals surface area contributed by atoms with Gasteiger partial charge in [0, 0.05) is 38.0 Å². The molecule has 0 radical (unpaired) electrons. The van der Waals surface area contributed by atoms with Crippen LogP contribution in [0, 0.1) is 5.82 Å². The molecule has 2 aliphatic heterocycles. The fourth-order valence-electron chi connectivity index (χ4n) is 3.94. The highest BCUT2D eigenvalue weighted by Crippen LogP contribution is 2.39. The van der Waals surface area contributed by atoms with Crippen LogP contribution in [0.5, 0.6) is 11.5 Å². The van der Waals surface area contributed by atoms with Gasteiger partial charge in [0.15, 0.2) is 5.78 Å². The van der Waals surface area contributed by atoms with Crippen LogP contribution in [0.4, 0.5) is 4.39 Å². The maximum atomic E-state index is 13.4. The molecule has 0 atom stereocenters. The van der Waals surface area contributed by atoms with Crippen molar-refractivity contribution in [3.63, 3.8) is 0 Å². The van der Waals surface area contributed by atoms with Crippen molar-refractivity contribution >= 4 is 5.78 Å². The Balaban J connectivity index is 1.45. The van der Waals surface area contributed by atoms with Crippen molar-refractivity contribution in [3.8, 4) is 11.5 Å². The normalized spacial score (nSPS) is 19.1. The van der Waals surface area contributed by atoms with Crippen molar-refractivity contribution < 1.29 is 18.7 Å². The van der Waals surface area contributed by atoms with E-state index in [-0.39, 0.29) is 5.78 Å². The Kier molecular flexibility index (Phi) is 4.41. The van der Waals surface area contributed by atoms with Gasteiger partial charge >= 0.3 is 0 Å². The summed E-state index contributed by atoms with van der Waals surface area (Å²) in [6, 6.07) is 12.2. The molecular formula is C21H22FNO3. The summed E-state index contributed by atoms with van der Waals surface area (Å²) >= 11 is 0. The van der Waals surface area contributed by atoms with Crippen molar-refractivity contribution in [2.75, 3.05) is 20.2 Å². The molecule has 0 N–H and O–H groups in total. The van der Waals surface area contributed by atoms with Crippen LogP contribution >= 0.6 is 0 Å². The second kappa shape index (κ2) is 6.72. The van der Waals surface area contributed by atoms with Gasteiger partial charge in [-0.2, -0.15) is 0 Å². The molecule has 0 bridgehead atoms. The average Bonchev–Trinajstić information content (AvgIpc) is 2.65. The molecule has 0 aliphatic carbocycles. The number of likely N-dealkylation sites (tertiary alicyclic amines) is 1. The van der Waals surface area contributed by atoms with Crippen LogP contribution in [-0.4, -0.2) is 36.5 Å². The molecule has 0 aromatic heterocycles. The van der Waals surface area contributed by atoms with E-state index in [1.54, 1.807) is 13.2 Å². The SMILES string of the molecule is COc1ccccc1CN1CCC2(CC1)CC(=O)c1cc(F)ccc1O2. The van der Waals surface area contributed by atoms with Crippen LogP contribution < -0.4 is 9.47 Å². The Morgan fingerprint density at radius 1 is 1.19 bits per heavy atom. The van der Waals surface area contributed by atoms with Crippen molar-refractivity contribution in [2.45, 2.75) is 31.4 Å². The van der Waals surface area contributed by atoms with Gasteiger partial charge in [0.1, 0.15) is 22.9 Å². The van der Waals surface area contributed by atoms with Gasteiger partial charge in [0.2, 0.25) is 0 Å². The molecule has 4 rings (SSSR count). The Morgan fingerprint density at radius 2 is 1.96 bits per heavy atom. The molecule has 1 fully saturated rings. The largest absolute Gasteiger partial charge is 0.496 e. The number of carbonyl (C=O) groups excluding carboxylic acids is 1. The van der Waals surface area contributed by atoms with Gasteiger partial charge in [-0.05, 0) is 24.3 Å². The number of hydrogen-bond acceptors (Lipinski definition) is 4. The third-order valence-corrected chi connectivity index (χ3v) is 5.40. The molecule has 2 aromatic rings. The summed E-state index contributed by atoms with van der Waals surface area (Å²) in [5, 5.41) is 0. The number of rotatable bonds is 3. The summed E-state index contributed by atoms with van der Waals surface area (Å²) in [6.45, 7) is 2.51. The monoisotopic (exact) mass is 355 g/mol. The fraction of sp³-hybridized carbons (Fsp3) is 0.381. The Morgan fingerprint density at radius 3 is 2.73 bits per heavy atom. The number of Topliss-reactive ketones (excluding diaryl/α,β-unsaturated/α-hetero) is 1. The van der Waals surface area contributed by atoms with E-state index >= 15 is 0 Å². The molecule has 0 amide bonds. The lowest BCUT2D eigenvalue weighted by molar-refractivity contribution is -0.0109. The smallest absolute Gasteiger partial charge is 0.170 e. The van der Waals surface area contributed by atoms with Gasteiger partial charge in [0.25, 0.3) is 0 Å². The van der Waals surface area contributed by atoms with E-state index in [0.29, 0.717) is 17.7 Å². The van der Waals surface area contributed by atoms with E-state index < -0.39 is 11.4 Å². The topological polar surface area (TPSA) is 38.8 Å². The Hall–Kier alpha value is -2.40. The predicted molar refractivity (Wildman–Crippen MR) is 96.2 cm³/mol. The average molecular weight is 355 g/mol. The lowest BCUT2D eigenvalue weighted by Gasteiger charge is -2.44. The van der Waals surface area contributed by atoms with Crippen LogP contribution in [0.15, 0.2) is 42.5 Å². The first-order chi connectivity index (χ1) is 12.6. The first-order valence-electron chi connectivity index (χ1n) is 8.95. The molecule has 1 spiro atoms.